The lowest BCUT2D eigenvalue weighted by atomic mass is 9.66. The van der Waals surface area contributed by atoms with Crippen molar-refractivity contribution in [2.24, 2.45) is 0 Å². The third kappa shape index (κ3) is 7.41. The molecule has 10 aromatic carbocycles. The molecule has 1 nitrogen and oxygen atoms in total. The number of rotatable bonds is 7. The predicted molar refractivity (Wildman–Crippen MR) is 334 cm³/mol. The lowest BCUT2D eigenvalue weighted by Gasteiger charge is -2.37. The van der Waals surface area contributed by atoms with Crippen molar-refractivity contribution in [3.05, 3.63) is 280 Å². The summed E-state index contributed by atoms with van der Waals surface area (Å²) in [5.41, 5.74) is 29.5. The fraction of sp³-hybridized carbons (Fsp3) is 0.231. The van der Waals surface area contributed by atoms with Crippen molar-refractivity contribution in [1.82, 2.24) is 0 Å². The minimum Gasteiger partial charge on any atom is -0.310 e. The molecular weight excluding hydrogens is 951 g/mol. The molecule has 0 heterocycles. The van der Waals surface area contributed by atoms with Crippen molar-refractivity contribution in [3.8, 4) is 55.6 Å². The summed E-state index contributed by atoms with van der Waals surface area (Å²) < 4.78 is 0. The van der Waals surface area contributed by atoms with Gasteiger partial charge in [0.05, 0.1) is 11.1 Å². The Morgan fingerprint density at radius 3 is 1.48 bits per heavy atom. The van der Waals surface area contributed by atoms with Crippen LogP contribution in [0, 0.1) is 0 Å². The highest BCUT2D eigenvalue weighted by atomic mass is 15.1. The SMILES string of the molecule is CC(C)(C)c1cccc(C2(c3cccc(C(C)(C)C)c3)c3ccccc3-c3c(N(c4ccc(-c5ccccc5-c5cccc6c5C(C)(C)c5ccccc5-6)cc4)c4ccc5c(c4)C4(CCCCC4)c4ccccc4-5)cccc32)c1. The van der Waals surface area contributed by atoms with Gasteiger partial charge in [-0.2, -0.15) is 0 Å². The van der Waals surface area contributed by atoms with Gasteiger partial charge in [-0.1, -0.05) is 269 Å². The Morgan fingerprint density at radius 1 is 0.354 bits per heavy atom. The zero-order valence-electron chi connectivity index (χ0n) is 47.3. The highest BCUT2D eigenvalue weighted by molar-refractivity contribution is 5.99. The number of fused-ring (bicyclic) bond motifs is 11. The van der Waals surface area contributed by atoms with E-state index < -0.39 is 5.41 Å². The number of anilines is 3. The van der Waals surface area contributed by atoms with Gasteiger partial charge in [0.2, 0.25) is 0 Å². The number of hydrogen-bond donors (Lipinski definition) is 0. The summed E-state index contributed by atoms with van der Waals surface area (Å²) in [6.07, 6.45) is 6.16. The molecule has 10 aromatic rings. The number of benzene rings is 10. The Labute approximate surface area is 469 Å². The topological polar surface area (TPSA) is 3.24 Å². The maximum Gasteiger partial charge on any atom is 0.0714 e. The summed E-state index contributed by atoms with van der Waals surface area (Å²) in [5.74, 6) is 0. The van der Waals surface area contributed by atoms with Gasteiger partial charge in [-0.3, -0.25) is 0 Å². The summed E-state index contributed by atoms with van der Waals surface area (Å²) in [5, 5.41) is 0. The second-order valence-electron chi connectivity index (χ2n) is 25.9. The Bertz CT molecular complexity index is 3990. The molecule has 0 radical (unpaired) electrons. The number of hydrogen-bond acceptors (Lipinski definition) is 1. The van der Waals surface area contributed by atoms with Crippen molar-refractivity contribution in [2.75, 3.05) is 4.90 Å². The fourth-order valence-corrected chi connectivity index (χ4v) is 15.3. The van der Waals surface area contributed by atoms with E-state index in [9.17, 15) is 0 Å². The molecule has 0 saturated heterocycles. The molecule has 4 aliphatic rings. The second kappa shape index (κ2) is 18.0. The van der Waals surface area contributed by atoms with Gasteiger partial charge in [-0.05, 0) is 160 Å². The lowest BCUT2D eigenvalue weighted by Crippen LogP contribution is -2.30. The first-order chi connectivity index (χ1) is 38.2. The van der Waals surface area contributed by atoms with E-state index in [0.717, 1.165) is 5.69 Å². The molecule has 1 spiro atoms. The molecule has 4 aliphatic carbocycles. The monoisotopic (exact) mass is 1020 g/mol. The van der Waals surface area contributed by atoms with Crippen LogP contribution in [0.3, 0.4) is 0 Å². The smallest absolute Gasteiger partial charge is 0.0714 e. The summed E-state index contributed by atoms with van der Waals surface area (Å²) in [7, 11) is 0. The fourth-order valence-electron chi connectivity index (χ4n) is 15.3. The van der Waals surface area contributed by atoms with Gasteiger partial charge < -0.3 is 4.90 Å². The number of nitrogens with zero attached hydrogens (tertiary/aromatic N) is 1. The van der Waals surface area contributed by atoms with Crippen molar-refractivity contribution < 1.29 is 0 Å². The molecule has 0 unspecified atom stereocenters. The molecule has 388 valence electrons. The maximum absolute atomic E-state index is 2.61. The zero-order valence-corrected chi connectivity index (χ0v) is 47.3. The highest BCUT2D eigenvalue weighted by Gasteiger charge is 2.49. The Kier molecular flexibility index (Phi) is 11.2. The van der Waals surface area contributed by atoms with Crippen LogP contribution < -0.4 is 4.90 Å². The molecule has 1 fully saturated rings. The first kappa shape index (κ1) is 49.3. The molecule has 0 aromatic heterocycles. The van der Waals surface area contributed by atoms with Crippen LogP contribution in [0.25, 0.3) is 55.6 Å². The average molecular weight is 1020 g/mol. The third-order valence-electron chi connectivity index (χ3n) is 19.1. The molecule has 0 N–H and O–H groups in total. The summed E-state index contributed by atoms with van der Waals surface area (Å²) in [6, 6.07) is 86.9. The molecule has 0 bridgehead atoms. The van der Waals surface area contributed by atoms with Crippen molar-refractivity contribution in [3.63, 3.8) is 0 Å². The largest absolute Gasteiger partial charge is 0.310 e. The van der Waals surface area contributed by atoms with E-state index in [1.807, 2.05) is 0 Å². The van der Waals surface area contributed by atoms with E-state index in [4.69, 9.17) is 0 Å². The first-order valence-corrected chi connectivity index (χ1v) is 29.1. The van der Waals surface area contributed by atoms with Gasteiger partial charge in [0.1, 0.15) is 0 Å². The van der Waals surface area contributed by atoms with Crippen molar-refractivity contribution >= 4 is 17.1 Å². The molecule has 0 amide bonds. The van der Waals surface area contributed by atoms with Crippen LogP contribution in [0.1, 0.15) is 143 Å². The molecular formula is C78H71N. The average Bonchev–Trinajstić information content (AvgIpc) is 2.73. The van der Waals surface area contributed by atoms with E-state index in [2.05, 4.69) is 285 Å². The van der Waals surface area contributed by atoms with Crippen LogP contribution in [0.5, 0.6) is 0 Å². The van der Waals surface area contributed by atoms with Gasteiger partial charge in [0.15, 0.2) is 0 Å². The highest BCUT2D eigenvalue weighted by Crippen LogP contribution is 2.62. The quantitative estimate of drug-likeness (QED) is 0.154. The minimum atomic E-state index is -0.594. The van der Waals surface area contributed by atoms with Gasteiger partial charge in [-0.25, -0.2) is 0 Å². The Hall–Kier alpha value is -8.00. The van der Waals surface area contributed by atoms with Crippen LogP contribution in [0.15, 0.2) is 224 Å². The standard InChI is InChI=1S/C78H71N/c1-74(2,3)52-24-20-26-54(48-52)78(55-27-21-25-53(49-55)75(4,5)6)68-37-17-14-32-65(68)72-69(78)38-23-39-71(72)79(57-44-45-62-60-30-13-16-36-67(60)77(70(62)50-57)46-18-9-19-47-77)56-42-40-51(41-43-56)58-28-10-11-29-59(58)63-33-22-34-64-61-31-12-15-35-66(61)76(7,8)73(63)64/h10-17,20-45,48-50H,9,18-19,46-47H2,1-8H3. The minimum absolute atomic E-state index is 0.00348. The van der Waals surface area contributed by atoms with Crippen molar-refractivity contribution in [2.45, 2.75) is 115 Å². The van der Waals surface area contributed by atoms with Crippen LogP contribution in [0.4, 0.5) is 17.1 Å². The predicted octanol–water partition coefficient (Wildman–Crippen LogP) is 21.0. The van der Waals surface area contributed by atoms with E-state index in [-0.39, 0.29) is 21.7 Å². The van der Waals surface area contributed by atoms with Gasteiger partial charge in [0, 0.05) is 27.8 Å². The van der Waals surface area contributed by atoms with Crippen LogP contribution in [0.2, 0.25) is 0 Å². The zero-order chi connectivity index (χ0) is 54.1. The molecule has 1 saturated carbocycles. The lowest BCUT2D eigenvalue weighted by molar-refractivity contribution is 0.353. The third-order valence-corrected chi connectivity index (χ3v) is 19.1. The summed E-state index contributed by atoms with van der Waals surface area (Å²) in [4.78, 5) is 2.61. The molecule has 0 atom stereocenters. The van der Waals surface area contributed by atoms with Crippen LogP contribution in [-0.2, 0) is 27.1 Å². The van der Waals surface area contributed by atoms with Gasteiger partial charge in [-0.15, -0.1) is 0 Å². The first-order valence-electron chi connectivity index (χ1n) is 29.1. The summed E-state index contributed by atoms with van der Waals surface area (Å²) >= 11 is 0. The summed E-state index contributed by atoms with van der Waals surface area (Å²) in [6.45, 7) is 18.9. The Morgan fingerprint density at radius 2 is 0.835 bits per heavy atom. The van der Waals surface area contributed by atoms with E-state index in [1.165, 1.54) is 155 Å². The van der Waals surface area contributed by atoms with Gasteiger partial charge in [0.25, 0.3) is 0 Å². The molecule has 1 heteroatoms. The Balaban J connectivity index is 0.999. The maximum atomic E-state index is 2.61. The molecule has 14 rings (SSSR count). The van der Waals surface area contributed by atoms with Crippen molar-refractivity contribution in [1.29, 1.82) is 0 Å². The van der Waals surface area contributed by atoms with E-state index >= 15 is 0 Å². The van der Waals surface area contributed by atoms with E-state index in [0.29, 0.717) is 0 Å². The van der Waals surface area contributed by atoms with Gasteiger partial charge >= 0.3 is 0 Å². The molecule has 79 heavy (non-hydrogen) atoms. The normalized spacial score (nSPS) is 15.9. The van der Waals surface area contributed by atoms with E-state index in [1.54, 1.807) is 0 Å². The second-order valence-corrected chi connectivity index (χ2v) is 25.9. The molecule has 0 aliphatic heterocycles. The van der Waals surface area contributed by atoms with Crippen LogP contribution in [-0.4, -0.2) is 0 Å². The van der Waals surface area contributed by atoms with Crippen LogP contribution >= 0.6 is 0 Å².